The van der Waals surface area contributed by atoms with Gasteiger partial charge in [-0.1, -0.05) is 22.8 Å². The molecule has 2 unspecified atom stereocenters. The van der Waals surface area contributed by atoms with Crippen LogP contribution in [0, 0.1) is 11.8 Å². The third-order valence-electron chi connectivity index (χ3n) is 4.75. The molecule has 0 heteroatoms. The highest BCUT2D eigenvalue weighted by atomic mass is 14.3. The van der Waals surface area contributed by atoms with E-state index >= 15 is 0 Å². The average molecular weight is 202 g/mol. The third-order valence-corrected chi connectivity index (χ3v) is 4.75. The summed E-state index contributed by atoms with van der Waals surface area (Å²) in [5.74, 6) is 2.15. The Morgan fingerprint density at radius 1 is 1.00 bits per heavy atom. The zero-order valence-corrected chi connectivity index (χ0v) is 9.89. The molecule has 2 fully saturated rings. The van der Waals surface area contributed by atoms with Crippen LogP contribution in [-0.4, -0.2) is 0 Å². The van der Waals surface area contributed by atoms with Gasteiger partial charge in [0, 0.05) is 0 Å². The summed E-state index contributed by atoms with van der Waals surface area (Å²) in [6, 6.07) is 0. The monoisotopic (exact) mass is 202 g/mol. The van der Waals surface area contributed by atoms with Crippen molar-refractivity contribution in [2.75, 3.05) is 0 Å². The first kappa shape index (κ1) is 9.69. The Labute approximate surface area is 93.5 Å². The second-order valence-electron chi connectivity index (χ2n) is 5.90. The smallest absolute Gasteiger partial charge is 0.0286 e. The highest BCUT2D eigenvalue weighted by molar-refractivity contribution is 5.23. The molecule has 2 saturated carbocycles. The van der Waals surface area contributed by atoms with Crippen molar-refractivity contribution in [3.05, 3.63) is 22.8 Å². The Morgan fingerprint density at radius 2 is 1.87 bits per heavy atom. The van der Waals surface area contributed by atoms with Gasteiger partial charge in [0.1, 0.15) is 0 Å². The molecule has 0 nitrogen and oxygen atoms in total. The molecular formula is C15H22. The lowest BCUT2D eigenvalue weighted by Gasteiger charge is -2.05. The molecule has 4 rings (SSSR count). The predicted molar refractivity (Wildman–Crippen MR) is 64.7 cm³/mol. The highest BCUT2D eigenvalue weighted by Gasteiger charge is 2.27. The van der Waals surface area contributed by atoms with Crippen molar-refractivity contribution in [1.29, 1.82) is 0 Å². The standard InChI is InChI=1S/C8H12.C7H10/c1-6-4-7-2-3-8(6)5-7;1-2-7-4-3-6(1)5-7/h7H,2-5H2,1H3;1,7H,2-5H2. The second-order valence-corrected chi connectivity index (χ2v) is 5.90. The first-order chi connectivity index (χ1) is 7.31. The highest BCUT2D eigenvalue weighted by Crippen LogP contribution is 2.43. The fourth-order valence-corrected chi connectivity index (χ4v) is 3.75. The second kappa shape index (κ2) is 3.81. The van der Waals surface area contributed by atoms with Gasteiger partial charge in [-0.15, -0.1) is 0 Å². The topological polar surface area (TPSA) is 0 Å². The van der Waals surface area contributed by atoms with E-state index in [4.69, 9.17) is 0 Å². The van der Waals surface area contributed by atoms with Gasteiger partial charge in [0.25, 0.3) is 0 Å². The molecule has 4 bridgehead atoms. The average Bonchev–Trinajstić information content (AvgIpc) is 2.99. The van der Waals surface area contributed by atoms with Crippen LogP contribution < -0.4 is 0 Å². The van der Waals surface area contributed by atoms with Gasteiger partial charge in [-0.3, -0.25) is 0 Å². The van der Waals surface area contributed by atoms with E-state index in [0.717, 1.165) is 11.8 Å². The van der Waals surface area contributed by atoms with Crippen molar-refractivity contribution in [2.45, 2.75) is 58.3 Å². The minimum atomic E-state index is 1.07. The number of fused-ring (bicyclic) bond motifs is 4. The molecular weight excluding hydrogens is 180 g/mol. The quantitative estimate of drug-likeness (QED) is 0.503. The summed E-state index contributed by atoms with van der Waals surface area (Å²) in [5, 5.41) is 0. The molecule has 0 spiro atoms. The summed E-state index contributed by atoms with van der Waals surface area (Å²) in [6.45, 7) is 2.30. The summed E-state index contributed by atoms with van der Waals surface area (Å²) < 4.78 is 0. The molecule has 15 heavy (non-hydrogen) atoms. The molecule has 0 aliphatic heterocycles. The van der Waals surface area contributed by atoms with Crippen molar-refractivity contribution in [1.82, 2.24) is 0 Å². The first-order valence-corrected chi connectivity index (χ1v) is 6.66. The van der Waals surface area contributed by atoms with E-state index in [1.54, 1.807) is 16.7 Å². The van der Waals surface area contributed by atoms with Crippen molar-refractivity contribution >= 4 is 0 Å². The predicted octanol–water partition coefficient (Wildman–Crippen LogP) is 4.62. The van der Waals surface area contributed by atoms with E-state index in [1.165, 1.54) is 51.4 Å². The van der Waals surface area contributed by atoms with Gasteiger partial charge in [-0.05, 0) is 70.1 Å². The van der Waals surface area contributed by atoms with E-state index in [2.05, 4.69) is 13.0 Å². The maximum atomic E-state index is 2.42. The van der Waals surface area contributed by atoms with Crippen molar-refractivity contribution < 1.29 is 0 Å². The zero-order valence-electron chi connectivity index (χ0n) is 9.89. The molecule has 4 aliphatic rings. The minimum Gasteiger partial charge on any atom is -0.0850 e. The summed E-state index contributed by atoms with van der Waals surface area (Å²) in [7, 11) is 0. The van der Waals surface area contributed by atoms with Crippen LogP contribution in [0.25, 0.3) is 0 Å². The van der Waals surface area contributed by atoms with Crippen molar-refractivity contribution in [3.63, 3.8) is 0 Å². The van der Waals surface area contributed by atoms with E-state index in [9.17, 15) is 0 Å². The molecule has 0 aromatic heterocycles. The fourth-order valence-electron chi connectivity index (χ4n) is 3.75. The number of hydrogen-bond donors (Lipinski definition) is 0. The number of allylic oxidation sites excluding steroid dienone is 4. The van der Waals surface area contributed by atoms with Crippen LogP contribution in [0.1, 0.15) is 58.3 Å². The molecule has 0 amide bonds. The minimum absolute atomic E-state index is 1.07. The number of rotatable bonds is 0. The Morgan fingerprint density at radius 3 is 2.07 bits per heavy atom. The molecule has 0 N–H and O–H groups in total. The fraction of sp³-hybridized carbons (Fsp3) is 0.733. The summed E-state index contributed by atoms with van der Waals surface area (Å²) in [4.78, 5) is 0. The van der Waals surface area contributed by atoms with Crippen LogP contribution in [0.5, 0.6) is 0 Å². The van der Waals surface area contributed by atoms with Gasteiger partial charge in [0.05, 0.1) is 0 Å². The van der Waals surface area contributed by atoms with Gasteiger partial charge in [-0.2, -0.15) is 0 Å². The molecule has 0 aromatic carbocycles. The maximum Gasteiger partial charge on any atom is -0.0286 e. The van der Waals surface area contributed by atoms with Crippen LogP contribution in [-0.2, 0) is 0 Å². The molecule has 82 valence electrons. The lowest BCUT2D eigenvalue weighted by Crippen LogP contribution is -1.90. The molecule has 0 radical (unpaired) electrons. The number of hydrogen-bond acceptors (Lipinski definition) is 0. The van der Waals surface area contributed by atoms with Crippen molar-refractivity contribution in [3.8, 4) is 0 Å². The van der Waals surface area contributed by atoms with Crippen LogP contribution in [0.3, 0.4) is 0 Å². The molecule has 4 aliphatic carbocycles. The van der Waals surface area contributed by atoms with Gasteiger partial charge >= 0.3 is 0 Å². The largest absolute Gasteiger partial charge is 0.0850 e. The molecule has 0 aromatic rings. The van der Waals surface area contributed by atoms with E-state index in [0.29, 0.717) is 0 Å². The van der Waals surface area contributed by atoms with Crippen LogP contribution >= 0.6 is 0 Å². The summed E-state index contributed by atoms with van der Waals surface area (Å²) >= 11 is 0. The lowest BCUT2D eigenvalue weighted by atomic mass is 10.0. The Balaban J connectivity index is 0.0000000971. The Kier molecular flexibility index (Phi) is 2.46. The van der Waals surface area contributed by atoms with Crippen LogP contribution in [0.4, 0.5) is 0 Å². The molecule has 2 atom stereocenters. The Hall–Kier alpha value is -0.520. The lowest BCUT2D eigenvalue weighted by molar-refractivity contribution is 0.563. The zero-order chi connectivity index (χ0) is 10.3. The normalized spacial score (nSPS) is 35.7. The van der Waals surface area contributed by atoms with Gasteiger partial charge < -0.3 is 0 Å². The molecule has 0 saturated heterocycles. The van der Waals surface area contributed by atoms with Crippen LogP contribution in [0.2, 0.25) is 0 Å². The SMILES string of the molecule is C1=C2CCC(C1)C2.CC1=C2CCC(C1)C2. The first-order valence-electron chi connectivity index (χ1n) is 6.66. The Bertz CT molecular complexity index is 317. The summed E-state index contributed by atoms with van der Waals surface area (Å²) in [6.07, 6.45) is 14.0. The maximum absolute atomic E-state index is 2.42. The van der Waals surface area contributed by atoms with Gasteiger partial charge in [-0.25, -0.2) is 0 Å². The summed E-state index contributed by atoms with van der Waals surface area (Å²) in [5.41, 5.74) is 5.24. The van der Waals surface area contributed by atoms with Gasteiger partial charge in [0.2, 0.25) is 0 Å². The molecule has 0 heterocycles. The third kappa shape index (κ3) is 1.91. The van der Waals surface area contributed by atoms with Crippen LogP contribution in [0.15, 0.2) is 22.8 Å². The van der Waals surface area contributed by atoms with E-state index in [1.807, 2.05) is 0 Å². The van der Waals surface area contributed by atoms with E-state index in [-0.39, 0.29) is 0 Å². The van der Waals surface area contributed by atoms with Gasteiger partial charge in [0.15, 0.2) is 0 Å². The van der Waals surface area contributed by atoms with E-state index < -0.39 is 0 Å². The van der Waals surface area contributed by atoms with Crippen molar-refractivity contribution in [2.24, 2.45) is 11.8 Å².